The topological polar surface area (TPSA) is 32.3 Å². The number of benzene rings is 2. The number of urea groups is 1. The van der Waals surface area contributed by atoms with Crippen LogP contribution in [0.5, 0.6) is 0 Å². The Bertz CT molecular complexity index is 568. The minimum atomic E-state index is -0.0115. The second kappa shape index (κ2) is 5.78. The van der Waals surface area contributed by atoms with Crippen LogP contribution >= 0.6 is 0 Å². The lowest BCUT2D eigenvalue weighted by molar-refractivity contribution is 0.207. The van der Waals surface area contributed by atoms with Crippen LogP contribution in [0.25, 0.3) is 0 Å². The number of amides is 2. The number of nitrogens with one attached hydrogen (secondary N) is 1. The molecule has 1 heterocycles. The van der Waals surface area contributed by atoms with E-state index in [9.17, 15) is 4.79 Å². The van der Waals surface area contributed by atoms with E-state index in [4.69, 9.17) is 0 Å². The molecule has 102 valence electrons. The van der Waals surface area contributed by atoms with Gasteiger partial charge in [0, 0.05) is 12.2 Å². The fraction of sp³-hybridized carbons (Fsp3) is 0.235. The Labute approximate surface area is 119 Å². The number of para-hydroxylation sites is 1. The summed E-state index contributed by atoms with van der Waals surface area (Å²) >= 11 is 0. The Hall–Kier alpha value is -2.29. The molecule has 1 saturated heterocycles. The molecule has 1 aliphatic heterocycles. The van der Waals surface area contributed by atoms with Crippen molar-refractivity contribution < 1.29 is 4.79 Å². The lowest BCUT2D eigenvalue weighted by atomic mass is 10.1. The predicted molar refractivity (Wildman–Crippen MR) is 80.6 cm³/mol. The smallest absolute Gasteiger partial charge is 0.317 e. The standard InChI is InChI=1S/C17H18N2O/c20-17(18-15-10-5-2-6-11-15)19-13-7-12-16(19)14-8-3-1-4-9-14/h1-6,8-11,16H,7,12-13H2,(H,18,20). The van der Waals surface area contributed by atoms with Crippen molar-refractivity contribution in [1.82, 2.24) is 4.90 Å². The van der Waals surface area contributed by atoms with Gasteiger partial charge in [0.2, 0.25) is 0 Å². The maximum absolute atomic E-state index is 12.4. The van der Waals surface area contributed by atoms with Crippen LogP contribution in [0.1, 0.15) is 24.4 Å². The molecule has 0 bridgehead atoms. The van der Waals surface area contributed by atoms with Crippen molar-refractivity contribution in [3.8, 4) is 0 Å². The summed E-state index contributed by atoms with van der Waals surface area (Å²) in [5.41, 5.74) is 2.06. The average molecular weight is 266 g/mol. The highest BCUT2D eigenvalue weighted by Crippen LogP contribution is 2.32. The van der Waals surface area contributed by atoms with Crippen LogP contribution in [-0.2, 0) is 0 Å². The Morgan fingerprint density at radius 3 is 2.35 bits per heavy atom. The molecule has 2 aromatic rings. The van der Waals surface area contributed by atoms with E-state index in [-0.39, 0.29) is 12.1 Å². The molecule has 3 rings (SSSR count). The number of hydrogen-bond acceptors (Lipinski definition) is 1. The fourth-order valence-electron chi connectivity index (χ4n) is 2.75. The molecule has 0 radical (unpaired) electrons. The van der Waals surface area contributed by atoms with Crippen molar-refractivity contribution in [2.75, 3.05) is 11.9 Å². The van der Waals surface area contributed by atoms with Gasteiger partial charge in [-0.15, -0.1) is 0 Å². The van der Waals surface area contributed by atoms with Crippen LogP contribution in [0.3, 0.4) is 0 Å². The zero-order chi connectivity index (χ0) is 13.8. The number of likely N-dealkylation sites (tertiary alicyclic amines) is 1. The molecule has 3 nitrogen and oxygen atoms in total. The molecule has 2 aromatic carbocycles. The van der Waals surface area contributed by atoms with Crippen LogP contribution in [0.2, 0.25) is 0 Å². The molecule has 1 unspecified atom stereocenters. The number of nitrogens with zero attached hydrogens (tertiary/aromatic N) is 1. The summed E-state index contributed by atoms with van der Waals surface area (Å²) in [4.78, 5) is 14.3. The van der Waals surface area contributed by atoms with Crippen LogP contribution in [0.4, 0.5) is 10.5 Å². The van der Waals surface area contributed by atoms with Crippen molar-refractivity contribution >= 4 is 11.7 Å². The molecular formula is C17H18N2O. The minimum Gasteiger partial charge on any atom is -0.317 e. The normalized spacial score (nSPS) is 18.0. The molecule has 1 aliphatic rings. The van der Waals surface area contributed by atoms with Crippen molar-refractivity contribution in [2.24, 2.45) is 0 Å². The van der Waals surface area contributed by atoms with Gasteiger partial charge < -0.3 is 10.2 Å². The maximum Gasteiger partial charge on any atom is 0.322 e. The molecule has 1 fully saturated rings. The van der Waals surface area contributed by atoms with E-state index in [2.05, 4.69) is 17.4 Å². The lowest BCUT2D eigenvalue weighted by Crippen LogP contribution is -2.34. The first-order valence-electron chi connectivity index (χ1n) is 7.02. The number of carbonyl (C=O) groups is 1. The summed E-state index contributed by atoms with van der Waals surface area (Å²) in [7, 11) is 0. The fourth-order valence-corrected chi connectivity index (χ4v) is 2.75. The van der Waals surface area contributed by atoms with Crippen LogP contribution in [0, 0.1) is 0 Å². The highest BCUT2D eigenvalue weighted by molar-refractivity contribution is 5.89. The van der Waals surface area contributed by atoms with Crippen molar-refractivity contribution in [3.63, 3.8) is 0 Å². The summed E-state index contributed by atoms with van der Waals surface area (Å²) in [5, 5.41) is 2.97. The van der Waals surface area contributed by atoms with Gasteiger partial charge in [-0.25, -0.2) is 4.79 Å². The second-order valence-corrected chi connectivity index (χ2v) is 5.06. The van der Waals surface area contributed by atoms with Gasteiger partial charge in [-0.05, 0) is 30.5 Å². The third-order valence-electron chi connectivity index (χ3n) is 3.72. The minimum absolute atomic E-state index is 0.0115. The maximum atomic E-state index is 12.4. The van der Waals surface area contributed by atoms with Gasteiger partial charge in [0.15, 0.2) is 0 Å². The van der Waals surface area contributed by atoms with Gasteiger partial charge in [-0.3, -0.25) is 0 Å². The van der Waals surface area contributed by atoms with E-state index in [1.54, 1.807) is 0 Å². The third kappa shape index (κ3) is 2.67. The quantitative estimate of drug-likeness (QED) is 0.873. The largest absolute Gasteiger partial charge is 0.322 e. The summed E-state index contributed by atoms with van der Waals surface area (Å²) < 4.78 is 0. The molecule has 2 amide bonds. The summed E-state index contributed by atoms with van der Waals surface area (Å²) in [6.07, 6.45) is 2.09. The summed E-state index contributed by atoms with van der Waals surface area (Å²) in [5.74, 6) is 0. The van der Waals surface area contributed by atoms with Crippen LogP contribution in [-0.4, -0.2) is 17.5 Å². The van der Waals surface area contributed by atoms with Crippen molar-refractivity contribution in [1.29, 1.82) is 0 Å². The second-order valence-electron chi connectivity index (χ2n) is 5.06. The van der Waals surface area contributed by atoms with Gasteiger partial charge in [0.05, 0.1) is 6.04 Å². The Morgan fingerprint density at radius 1 is 1.00 bits per heavy atom. The van der Waals surface area contributed by atoms with Gasteiger partial charge in [0.1, 0.15) is 0 Å². The van der Waals surface area contributed by atoms with Crippen molar-refractivity contribution in [2.45, 2.75) is 18.9 Å². The molecule has 0 aromatic heterocycles. The third-order valence-corrected chi connectivity index (χ3v) is 3.72. The highest BCUT2D eigenvalue weighted by Gasteiger charge is 2.29. The Kier molecular flexibility index (Phi) is 3.68. The molecule has 1 atom stereocenters. The highest BCUT2D eigenvalue weighted by atomic mass is 16.2. The monoisotopic (exact) mass is 266 g/mol. The van der Waals surface area contributed by atoms with Crippen LogP contribution in [0.15, 0.2) is 60.7 Å². The Balaban J connectivity index is 1.74. The van der Waals surface area contributed by atoms with Crippen LogP contribution < -0.4 is 5.32 Å². The number of hydrogen-bond donors (Lipinski definition) is 1. The predicted octanol–water partition coefficient (Wildman–Crippen LogP) is 4.06. The zero-order valence-electron chi connectivity index (χ0n) is 11.3. The summed E-state index contributed by atoms with van der Waals surface area (Å²) in [6.45, 7) is 0.818. The first kappa shape index (κ1) is 12.7. The number of rotatable bonds is 2. The van der Waals surface area contributed by atoms with Crippen molar-refractivity contribution in [3.05, 3.63) is 66.2 Å². The van der Waals surface area contributed by atoms with Gasteiger partial charge in [-0.2, -0.15) is 0 Å². The zero-order valence-corrected chi connectivity index (χ0v) is 11.3. The molecular weight excluding hydrogens is 248 g/mol. The van der Waals surface area contributed by atoms with Gasteiger partial charge in [0.25, 0.3) is 0 Å². The van der Waals surface area contributed by atoms with E-state index in [0.717, 1.165) is 25.1 Å². The Morgan fingerprint density at radius 2 is 1.65 bits per heavy atom. The SMILES string of the molecule is O=C(Nc1ccccc1)N1CCCC1c1ccccc1. The summed E-state index contributed by atoms with van der Waals surface area (Å²) in [6, 6.07) is 20.0. The number of carbonyl (C=O) groups excluding carboxylic acids is 1. The number of anilines is 1. The molecule has 0 spiro atoms. The molecule has 3 heteroatoms. The first-order chi connectivity index (χ1) is 9.84. The molecule has 0 aliphatic carbocycles. The average Bonchev–Trinajstić information content (AvgIpc) is 2.99. The van der Waals surface area contributed by atoms with E-state index in [1.165, 1.54) is 5.56 Å². The van der Waals surface area contributed by atoms with Gasteiger partial charge in [-0.1, -0.05) is 48.5 Å². The molecule has 20 heavy (non-hydrogen) atoms. The molecule has 0 saturated carbocycles. The molecule has 1 N–H and O–H groups in total. The van der Waals surface area contributed by atoms with E-state index < -0.39 is 0 Å². The van der Waals surface area contributed by atoms with E-state index in [0.29, 0.717) is 0 Å². The first-order valence-corrected chi connectivity index (χ1v) is 7.02. The van der Waals surface area contributed by atoms with E-state index >= 15 is 0 Å². The van der Waals surface area contributed by atoms with E-state index in [1.807, 2.05) is 53.4 Å². The van der Waals surface area contributed by atoms with Gasteiger partial charge >= 0.3 is 6.03 Å². The lowest BCUT2D eigenvalue weighted by Gasteiger charge is -2.25.